The van der Waals surface area contributed by atoms with Gasteiger partial charge < -0.3 is 26.2 Å². The number of primary amides is 1. The van der Waals surface area contributed by atoms with Gasteiger partial charge in [0.25, 0.3) is 11.5 Å². The second-order valence-electron chi connectivity index (χ2n) is 10.6. The highest BCUT2D eigenvalue weighted by molar-refractivity contribution is 5.98. The number of carbonyl (C=O) groups is 1. The van der Waals surface area contributed by atoms with Crippen molar-refractivity contribution in [2.75, 3.05) is 61.8 Å². The van der Waals surface area contributed by atoms with Gasteiger partial charge in [0, 0.05) is 69.3 Å². The first kappa shape index (κ1) is 26.9. The maximum absolute atomic E-state index is 13.1. The molecule has 2 fully saturated rings. The molecule has 4 rings (SSSR count). The minimum absolute atomic E-state index is 0.0684. The largest absolute Gasteiger partial charge is 0.371 e. The van der Waals surface area contributed by atoms with Crippen LogP contribution in [0.4, 0.5) is 23.1 Å². The molecule has 4 N–H and O–H groups in total. The highest BCUT2D eigenvalue weighted by Crippen LogP contribution is 2.29. The number of benzene rings is 1. The fourth-order valence-electron chi connectivity index (χ4n) is 5.41. The third kappa shape index (κ3) is 6.07. The number of nitrogens with two attached hydrogens (primary N) is 1. The quantitative estimate of drug-likeness (QED) is 0.497. The van der Waals surface area contributed by atoms with Crippen LogP contribution < -0.4 is 26.8 Å². The van der Waals surface area contributed by atoms with Crippen molar-refractivity contribution in [3.63, 3.8) is 0 Å². The number of aromatic nitrogens is 2. The normalized spacial score (nSPS) is 17.8. The zero-order valence-corrected chi connectivity index (χ0v) is 22.9. The molecule has 2 aromatic rings. The van der Waals surface area contributed by atoms with Crippen LogP contribution in [0.15, 0.2) is 23.0 Å². The lowest BCUT2D eigenvalue weighted by Gasteiger charge is -2.43. The van der Waals surface area contributed by atoms with Gasteiger partial charge in [0.2, 0.25) is 5.95 Å². The first-order chi connectivity index (χ1) is 17.7. The van der Waals surface area contributed by atoms with Crippen molar-refractivity contribution < 1.29 is 4.79 Å². The minimum Gasteiger partial charge on any atom is -0.371 e. The Morgan fingerprint density at radius 1 is 1.14 bits per heavy atom. The van der Waals surface area contributed by atoms with Crippen LogP contribution in [0.3, 0.4) is 0 Å². The van der Waals surface area contributed by atoms with E-state index >= 15 is 0 Å². The Balaban J connectivity index is 1.50. The van der Waals surface area contributed by atoms with Crippen molar-refractivity contribution >= 4 is 29.0 Å². The zero-order chi connectivity index (χ0) is 26.7. The highest BCUT2D eigenvalue weighted by Gasteiger charge is 2.27. The first-order valence-electron chi connectivity index (χ1n) is 13.4. The van der Waals surface area contributed by atoms with Gasteiger partial charge in [-0.1, -0.05) is 0 Å². The number of aryl methyl sites for hydroxylation is 1. The SMILES string of the molecule is CCn1c(NC(C)C)nc(Nc2ccc(N3CCC(N4CCN(C)CC4)CC3)c(C)c2)c(C(N)=O)c1=O. The van der Waals surface area contributed by atoms with E-state index in [9.17, 15) is 9.59 Å². The lowest BCUT2D eigenvalue weighted by Crippen LogP contribution is -2.52. The summed E-state index contributed by atoms with van der Waals surface area (Å²) in [7, 11) is 2.20. The topological polar surface area (TPSA) is 112 Å². The molecule has 2 aliphatic rings. The third-order valence-electron chi connectivity index (χ3n) is 7.47. The van der Waals surface area contributed by atoms with Gasteiger partial charge in [-0.25, -0.2) is 0 Å². The Labute approximate surface area is 219 Å². The molecule has 202 valence electrons. The van der Waals surface area contributed by atoms with Crippen LogP contribution in [0.1, 0.15) is 49.5 Å². The molecule has 3 heterocycles. The molecule has 0 bridgehead atoms. The average molecular weight is 511 g/mol. The molecule has 10 nitrogen and oxygen atoms in total. The molecule has 0 saturated carbocycles. The third-order valence-corrected chi connectivity index (χ3v) is 7.47. The van der Waals surface area contributed by atoms with Crippen LogP contribution >= 0.6 is 0 Å². The van der Waals surface area contributed by atoms with E-state index in [1.807, 2.05) is 32.9 Å². The molecule has 1 aromatic heterocycles. The van der Waals surface area contributed by atoms with E-state index in [4.69, 9.17) is 5.73 Å². The van der Waals surface area contributed by atoms with Crippen molar-refractivity contribution in [1.82, 2.24) is 19.4 Å². The Bertz CT molecular complexity index is 1160. The summed E-state index contributed by atoms with van der Waals surface area (Å²) in [6, 6.07) is 6.86. The number of hydrogen-bond donors (Lipinski definition) is 3. The second kappa shape index (κ2) is 11.5. The van der Waals surface area contributed by atoms with Crippen LogP contribution in [0.5, 0.6) is 0 Å². The number of piperazine rings is 1. The molecule has 2 saturated heterocycles. The minimum atomic E-state index is -0.796. The lowest BCUT2D eigenvalue weighted by atomic mass is 10.0. The number of piperidine rings is 1. The van der Waals surface area contributed by atoms with Gasteiger partial charge in [-0.2, -0.15) is 4.98 Å². The zero-order valence-electron chi connectivity index (χ0n) is 22.9. The summed E-state index contributed by atoms with van der Waals surface area (Å²) in [4.78, 5) is 37.4. The van der Waals surface area contributed by atoms with Crippen molar-refractivity contribution in [3.8, 4) is 0 Å². The molecule has 0 unspecified atom stereocenters. The lowest BCUT2D eigenvalue weighted by molar-refractivity contribution is 0.0982. The van der Waals surface area contributed by atoms with E-state index in [0.29, 0.717) is 18.5 Å². The van der Waals surface area contributed by atoms with E-state index in [0.717, 1.165) is 37.4 Å². The van der Waals surface area contributed by atoms with E-state index in [-0.39, 0.29) is 17.4 Å². The van der Waals surface area contributed by atoms with E-state index in [2.05, 4.69) is 50.4 Å². The van der Waals surface area contributed by atoms with E-state index in [1.54, 1.807) is 0 Å². The Kier molecular flexibility index (Phi) is 8.39. The van der Waals surface area contributed by atoms with Crippen molar-refractivity contribution in [2.45, 2.75) is 59.2 Å². The predicted octanol–water partition coefficient (Wildman–Crippen LogP) is 2.45. The number of amides is 1. The van der Waals surface area contributed by atoms with Gasteiger partial charge in [0.05, 0.1) is 0 Å². The number of anilines is 4. The van der Waals surface area contributed by atoms with E-state index < -0.39 is 11.5 Å². The van der Waals surface area contributed by atoms with Crippen LogP contribution in [0.25, 0.3) is 0 Å². The highest BCUT2D eigenvalue weighted by atomic mass is 16.2. The molecule has 1 amide bonds. The molecule has 1 aromatic carbocycles. The second-order valence-corrected chi connectivity index (χ2v) is 10.6. The number of carbonyl (C=O) groups excluding carboxylic acids is 1. The number of nitrogens with zero attached hydrogens (tertiary/aromatic N) is 5. The van der Waals surface area contributed by atoms with Crippen molar-refractivity contribution in [1.29, 1.82) is 0 Å². The smallest absolute Gasteiger partial charge is 0.269 e. The average Bonchev–Trinajstić information content (AvgIpc) is 2.84. The Morgan fingerprint density at radius 2 is 1.81 bits per heavy atom. The van der Waals surface area contributed by atoms with Crippen molar-refractivity contribution in [3.05, 3.63) is 39.7 Å². The molecule has 0 spiro atoms. The van der Waals surface area contributed by atoms with Gasteiger partial charge in [0.1, 0.15) is 5.56 Å². The summed E-state index contributed by atoms with van der Waals surface area (Å²) >= 11 is 0. The number of nitrogens with one attached hydrogen (secondary N) is 2. The number of likely N-dealkylation sites (N-methyl/N-ethyl adjacent to an activating group) is 1. The molecular weight excluding hydrogens is 468 g/mol. The van der Waals surface area contributed by atoms with Crippen LogP contribution in [0, 0.1) is 6.92 Å². The Hall–Kier alpha value is -3.11. The maximum atomic E-state index is 13.1. The van der Waals surface area contributed by atoms with Gasteiger partial charge in [-0.15, -0.1) is 0 Å². The monoisotopic (exact) mass is 510 g/mol. The predicted molar refractivity (Wildman–Crippen MR) is 150 cm³/mol. The molecule has 37 heavy (non-hydrogen) atoms. The molecule has 0 atom stereocenters. The molecule has 2 aliphatic heterocycles. The number of hydrogen-bond acceptors (Lipinski definition) is 8. The van der Waals surface area contributed by atoms with Crippen LogP contribution in [-0.2, 0) is 6.54 Å². The molecule has 10 heteroatoms. The summed E-state index contributed by atoms with van der Waals surface area (Å²) in [5.74, 6) is -0.216. The van der Waals surface area contributed by atoms with Gasteiger partial charge >= 0.3 is 0 Å². The first-order valence-corrected chi connectivity index (χ1v) is 13.4. The fourth-order valence-corrected chi connectivity index (χ4v) is 5.41. The van der Waals surface area contributed by atoms with Gasteiger partial charge in [0.15, 0.2) is 5.82 Å². The molecular formula is C27H42N8O2. The van der Waals surface area contributed by atoms with Gasteiger partial charge in [-0.3, -0.25) is 19.1 Å². The maximum Gasteiger partial charge on any atom is 0.269 e. The Morgan fingerprint density at radius 3 is 2.38 bits per heavy atom. The summed E-state index contributed by atoms with van der Waals surface area (Å²) in [5.41, 5.74) is 8.12. The van der Waals surface area contributed by atoms with Crippen molar-refractivity contribution in [2.24, 2.45) is 5.73 Å². The summed E-state index contributed by atoms with van der Waals surface area (Å²) in [6.45, 7) is 15.0. The molecule has 0 radical (unpaired) electrons. The molecule has 0 aliphatic carbocycles. The van der Waals surface area contributed by atoms with Crippen LogP contribution in [-0.4, -0.2) is 83.7 Å². The van der Waals surface area contributed by atoms with Crippen LogP contribution in [0.2, 0.25) is 0 Å². The summed E-state index contributed by atoms with van der Waals surface area (Å²) < 4.78 is 1.44. The van der Waals surface area contributed by atoms with E-state index in [1.165, 1.54) is 36.2 Å². The fraction of sp³-hybridized carbons (Fsp3) is 0.593. The standard InChI is InChI=1S/C27H42N8O2/c1-6-35-26(37)23(24(28)36)25(31-27(35)29-18(2)3)30-20-7-8-22(19(4)17-20)34-11-9-21(10-12-34)33-15-13-32(5)14-16-33/h7-8,17-18,21,30H,6,9-16H2,1-5H3,(H2,28,36)(H,29,31). The van der Waals surface area contributed by atoms with Gasteiger partial charge in [-0.05, 0) is 71.3 Å². The number of rotatable bonds is 8. The summed E-state index contributed by atoms with van der Waals surface area (Å²) in [6.07, 6.45) is 2.35. The summed E-state index contributed by atoms with van der Waals surface area (Å²) in [5, 5.41) is 6.39.